The molecule has 0 aromatic heterocycles. The van der Waals surface area contributed by atoms with Crippen LogP contribution in [0.1, 0.15) is 31.4 Å². The first-order valence-corrected chi connectivity index (χ1v) is 12.6. The Hall–Kier alpha value is -2.42. The minimum atomic E-state index is -3.56. The number of benzene rings is 2. The zero-order valence-electron chi connectivity index (χ0n) is 19.0. The average Bonchev–Trinajstić information content (AvgIpc) is 2.73. The molecule has 1 amide bonds. The number of aliphatic hydroxyl groups is 1. The lowest BCUT2D eigenvalue weighted by Gasteiger charge is -2.35. The van der Waals surface area contributed by atoms with Crippen LogP contribution in [0.2, 0.25) is 0 Å². The number of rotatable bonds is 12. The number of nitrogens with zero attached hydrogens (tertiary/aromatic N) is 2. The molecular weight excluding hydrogens is 428 g/mol. The summed E-state index contributed by atoms with van der Waals surface area (Å²) in [6.45, 7) is 4.21. The summed E-state index contributed by atoms with van der Waals surface area (Å²) in [7, 11) is -3.56. The van der Waals surface area contributed by atoms with Gasteiger partial charge in [-0.25, -0.2) is 13.2 Å². The molecule has 0 bridgehead atoms. The van der Waals surface area contributed by atoms with Gasteiger partial charge in [0.1, 0.15) is 0 Å². The predicted octanol–water partition coefficient (Wildman–Crippen LogP) is 3.45. The van der Waals surface area contributed by atoms with E-state index >= 15 is 0 Å². The first-order chi connectivity index (χ1) is 15.1. The van der Waals surface area contributed by atoms with Gasteiger partial charge in [-0.2, -0.15) is 4.31 Å². The van der Waals surface area contributed by atoms with Crippen LogP contribution in [-0.4, -0.2) is 65.4 Å². The first kappa shape index (κ1) is 25.8. The number of amides is 1. The van der Waals surface area contributed by atoms with Crippen molar-refractivity contribution in [1.82, 2.24) is 9.21 Å². The summed E-state index contributed by atoms with van der Waals surface area (Å²) in [6.07, 6.45) is -0.331. The van der Waals surface area contributed by atoms with Crippen molar-refractivity contribution in [2.45, 2.75) is 45.4 Å². The smallest absolute Gasteiger partial charge is 0.407 e. The van der Waals surface area contributed by atoms with Crippen molar-refractivity contribution < 1.29 is 23.4 Å². The van der Waals surface area contributed by atoms with E-state index in [4.69, 9.17) is 0 Å². The maximum atomic E-state index is 12.3. The molecule has 0 spiro atoms. The Morgan fingerprint density at radius 2 is 1.50 bits per heavy atom. The molecule has 32 heavy (non-hydrogen) atoms. The quantitative estimate of drug-likeness (QED) is 0.503. The lowest BCUT2D eigenvalue weighted by molar-refractivity contribution is 0.0344. The van der Waals surface area contributed by atoms with E-state index in [0.717, 1.165) is 17.4 Å². The fraction of sp³-hybridized carbons (Fsp3) is 0.458. The Bertz CT molecular complexity index is 935. The monoisotopic (exact) mass is 462 g/mol. The van der Waals surface area contributed by atoms with E-state index in [9.17, 15) is 23.4 Å². The summed E-state index contributed by atoms with van der Waals surface area (Å²) >= 11 is 0. The van der Waals surface area contributed by atoms with Gasteiger partial charge in [-0.15, -0.1) is 0 Å². The van der Waals surface area contributed by atoms with Crippen LogP contribution in [0.4, 0.5) is 4.79 Å². The van der Waals surface area contributed by atoms with Crippen LogP contribution in [0, 0.1) is 5.92 Å². The minimum absolute atomic E-state index is 0.0929. The summed E-state index contributed by atoms with van der Waals surface area (Å²) in [5.41, 5.74) is 1.66. The number of hydrogen-bond acceptors (Lipinski definition) is 4. The van der Waals surface area contributed by atoms with Gasteiger partial charge in [0.15, 0.2) is 0 Å². The van der Waals surface area contributed by atoms with E-state index in [0.29, 0.717) is 12.3 Å². The lowest BCUT2D eigenvalue weighted by Crippen LogP contribution is -2.52. The van der Waals surface area contributed by atoms with Gasteiger partial charge in [0.25, 0.3) is 0 Å². The molecule has 0 heterocycles. The van der Waals surface area contributed by atoms with Gasteiger partial charge in [-0.1, -0.05) is 74.5 Å². The van der Waals surface area contributed by atoms with Crippen LogP contribution in [0.3, 0.4) is 0 Å². The molecule has 2 aromatic rings. The van der Waals surface area contributed by atoms with Crippen LogP contribution < -0.4 is 0 Å². The SMILES string of the molecule is CC(C)CCN(C[C@@H](O)[C@H](Cc1ccccc1)N(Cc1ccccc1)C(=O)O)S(C)(=O)=O. The second kappa shape index (κ2) is 12.0. The maximum absolute atomic E-state index is 12.3. The van der Waals surface area contributed by atoms with E-state index in [1.54, 1.807) is 0 Å². The standard InChI is InChI=1S/C24H34N2O5S/c1-19(2)14-15-25(32(3,30)31)18-23(27)22(16-20-10-6-4-7-11-20)26(24(28)29)17-21-12-8-5-9-13-21/h4-13,19,22-23,27H,14-18H2,1-3H3,(H,28,29)/t22-,23+/m0/s1. The van der Waals surface area contributed by atoms with Crippen molar-refractivity contribution in [1.29, 1.82) is 0 Å². The molecule has 0 aliphatic carbocycles. The van der Waals surface area contributed by atoms with Crippen molar-refractivity contribution in [3.63, 3.8) is 0 Å². The third kappa shape index (κ3) is 8.26. The van der Waals surface area contributed by atoms with E-state index in [1.807, 2.05) is 74.5 Å². The highest BCUT2D eigenvalue weighted by Crippen LogP contribution is 2.19. The fourth-order valence-electron chi connectivity index (χ4n) is 3.54. The van der Waals surface area contributed by atoms with Gasteiger partial charge in [0.05, 0.1) is 18.4 Å². The molecule has 8 heteroatoms. The number of aliphatic hydroxyl groups excluding tert-OH is 1. The van der Waals surface area contributed by atoms with Gasteiger partial charge < -0.3 is 10.2 Å². The minimum Gasteiger partial charge on any atom is -0.465 e. The van der Waals surface area contributed by atoms with E-state index in [1.165, 1.54) is 9.21 Å². The second-order valence-corrected chi connectivity index (χ2v) is 10.5. The van der Waals surface area contributed by atoms with Crippen LogP contribution in [0.15, 0.2) is 60.7 Å². The molecule has 2 rings (SSSR count). The highest BCUT2D eigenvalue weighted by Gasteiger charge is 2.33. The molecular formula is C24H34N2O5S. The van der Waals surface area contributed by atoms with Crippen molar-refractivity contribution in [2.75, 3.05) is 19.3 Å². The Morgan fingerprint density at radius 3 is 1.97 bits per heavy atom. The molecule has 0 saturated heterocycles. The summed E-state index contributed by atoms with van der Waals surface area (Å²) in [6, 6.07) is 17.7. The molecule has 2 N–H and O–H groups in total. The zero-order chi connectivity index (χ0) is 23.7. The summed E-state index contributed by atoms with van der Waals surface area (Å²) in [5, 5.41) is 21.1. The highest BCUT2D eigenvalue weighted by atomic mass is 32.2. The second-order valence-electron chi connectivity index (χ2n) is 8.52. The summed E-state index contributed by atoms with van der Waals surface area (Å²) in [4.78, 5) is 13.4. The number of sulfonamides is 1. The molecule has 0 aliphatic rings. The van der Waals surface area contributed by atoms with Crippen molar-refractivity contribution in [3.05, 3.63) is 71.8 Å². The van der Waals surface area contributed by atoms with E-state index < -0.39 is 28.3 Å². The molecule has 2 aromatic carbocycles. The molecule has 0 unspecified atom stereocenters. The van der Waals surface area contributed by atoms with Crippen molar-refractivity contribution >= 4 is 16.1 Å². The van der Waals surface area contributed by atoms with Gasteiger partial charge in [0.2, 0.25) is 10.0 Å². The molecule has 0 saturated carbocycles. The van der Waals surface area contributed by atoms with E-state index in [-0.39, 0.29) is 26.1 Å². The normalized spacial score (nSPS) is 13.8. The average molecular weight is 463 g/mol. The summed E-state index contributed by atoms with van der Waals surface area (Å²) in [5.74, 6) is 0.296. The van der Waals surface area contributed by atoms with Gasteiger partial charge in [-0.05, 0) is 29.9 Å². The zero-order valence-corrected chi connectivity index (χ0v) is 19.8. The largest absolute Gasteiger partial charge is 0.465 e. The van der Waals surface area contributed by atoms with Gasteiger partial charge in [-0.3, -0.25) is 4.90 Å². The molecule has 0 radical (unpaired) electrons. The van der Waals surface area contributed by atoms with E-state index in [2.05, 4.69) is 0 Å². The van der Waals surface area contributed by atoms with Crippen molar-refractivity contribution in [2.24, 2.45) is 5.92 Å². The fourth-order valence-corrected chi connectivity index (χ4v) is 4.40. The predicted molar refractivity (Wildman–Crippen MR) is 126 cm³/mol. The molecule has 0 aliphatic heterocycles. The van der Waals surface area contributed by atoms with Gasteiger partial charge >= 0.3 is 6.09 Å². The topological polar surface area (TPSA) is 98.2 Å². The molecule has 176 valence electrons. The Labute approximate surface area is 191 Å². The third-order valence-electron chi connectivity index (χ3n) is 5.39. The van der Waals surface area contributed by atoms with Crippen LogP contribution in [0.25, 0.3) is 0 Å². The van der Waals surface area contributed by atoms with Crippen molar-refractivity contribution in [3.8, 4) is 0 Å². The lowest BCUT2D eigenvalue weighted by atomic mass is 9.99. The maximum Gasteiger partial charge on any atom is 0.407 e. The first-order valence-electron chi connectivity index (χ1n) is 10.8. The van der Waals surface area contributed by atoms with Crippen LogP contribution in [0.5, 0.6) is 0 Å². The van der Waals surface area contributed by atoms with Gasteiger partial charge in [0, 0.05) is 19.6 Å². The highest BCUT2D eigenvalue weighted by molar-refractivity contribution is 7.88. The molecule has 0 fully saturated rings. The number of carboxylic acid groups (broad SMARTS) is 1. The molecule has 7 nitrogen and oxygen atoms in total. The van der Waals surface area contributed by atoms with Crippen LogP contribution >= 0.6 is 0 Å². The Balaban J connectivity index is 2.33. The third-order valence-corrected chi connectivity index (χ3v) is 6.66. The molecule has 2 atom stereocenters. The number of hydrogen-bond donors (Lipinski definition) is 2. The Kier molecular flexibility index (Phi) is 9.68. The summed E-state index contributed by atoms with van der Waals surface area (Å²) < 4.78 is 25.9. The Morgan fingerprint density at radius 1 is 0.969 bits per heavy atom. The van der Waals surface area contributed by atoms with Crippen LogP contribution in [-0.2, 0) is 23.0 Å². The number of carbonyl (C=O) groups is 1.